The third kappa shape index (κ3) is 3.95. The monoisotopic (exact) mass is 135 g/mol. The van der Waals surface area contributed by atoms with Gasteiger partial charge in [0.1, 0.15) is 0 Å². The number of rotatable bonds is 3. The molecule has 0 saturated carbocycles. The van der Waals surface area contributed by atoms with Gasteiger partial charge in [0.15, 0.2) is 0 Å². The van der Waals surface area contributed by atoms with E-state index < -0.39 is 5.97 Å². The summed E-state index contributed by atoms with van der Waals surface area (Å²) in [7, 11) is 0. The molecule has 1 atom stereocenters. The molecule has 0 aliphatic rings. The summed E-state index contributed by atoms with van der Waals surface area (Å²) in [5.74, 6) is -0.446. The van der Waals surface area contributed by atoms with Crippen molar-refractivity contribution in [1.29, 1.82) is 0 Å². The average Bonchev–Trinajstić information content (AvgIpc) is 1.65. The van der Waals surface area contributed by atoms with Gasteiger partial charge >= 0.3 is 5.97 Å². The largest absolute Gasteiger partial charge is 0.481 e. The Morgan fingerprint density at radius 2 is 2.38 bits per heavy atom. The van der Waals surface area contributed by atoms with Crippen LogP contribution in [0.4, 0.5) is 0 Å². The summed E-state index contributed by atoms with van der Waals surface area (Å²) in [6, 6.07) is -0.309. The minimum atomic E-state index is -0.869. The fraction of sp³-hybridized carbons (Fsp3) is 0.750. The van der Waals surface area contributed by atoms with E-state index in [9.17, 15) is 4.79 Å². The van der Waals surface area contributed by atoms with Gasteiger partial charge in [0.25, 0.3) is 0 Å². The molecule has 0 aliphatic carbocycles. The second-order valence-electron chi connectivity index (χ2n) is 1.54. The van der Waals surface area contributed by atoms with Crippen molar-refractivity contribution in [2.45, 2.75) is 12.5 Å². The highest BCUT2D eigenvalue weighted by atomic mass is 32.1. The second-order valence-corrected chi connectivity index (χ2v) is 1.91. The number of aliphatic carboxylic acids is 1. The minimum absolute atomic E-state index is 0.00347. The molecule has 0 rings (SSSR count). The summed E-state index contributed by atoms with van der Waals surface area (Å²) in [5, 5.41) is 8.10. The van der Waals surface area contributed by atoms with Crippen LogP contribution in [0.15, 0.2) is 0 Å². The van der Waals surface area contributed by atoms with E-state index in [-0.39, 0.29) is 12.5 Å². The van der Waals surface area contributed by atoms with Crippen LogP contribution < -0.4 is 5.73 Å². The first-order chi connectivity index (χ1) is 3.66. The fourth-order valence-electron chi connectivity index (χ4n) is 0.289. The lowest BCUT2D eigenvalue weighted by Crippen LogP contribution is -2.25. The first kappa shape index (κ1) is 7.78. The van der Waals surface area contributed by atoms with Crippen LogP contribution in [0.2, 0.25) is 0 Å². The molecule has 0 bridgehead atoms. The maximum Gasteiger partial charge on any atom is 0.304 e. The Hall–Kier alpha value is -0.220. The Balaban J connectivity index is 3.24. The third-order valence-electron chi connectivity index (χ3n) is 0.671. The molecule has 4 heteroatoms. The number of carbonyl (C=O) groups is 1. The van der Waals surface area contributed by atoms with E-state index in [2.05, 4.69) is 12.6 Å². The van der Waals surface area contributed by atoms with Crippen LogP contribution in [0.5, 0.6) is 0 Å². The van der Waals surface area contributed by atoms with Crippen molar-refractivity contribution in [2.24, 2.45) is 5.73 Å². The number of carboxylic acid groups (broad SMARTS) is 1. The molecule has 0 saturated heterocycles. The summed E-state index contributed by atoms with van der Waals surface area (Å²) in [6.07, 6.45) is 0.00347. The average molecular weight is 135 g/mol. The molecule has 0 fully saturated rings. The van der Waals surface area contributed by atoms with Crippen molar-refractivity contribution >= 4 is 18.6 Å². The van der Waals surface area contributed by atoms with Crippen molar-refractivity contribution in [3.8, 4) is 0 Å². The lowest BCUT2D eigenvalue weighted by Gasteiger charge is -2.00. The van der Waals surface area contributed by atoms with Crippen molar-refractivity contribution in [3.63, 3.8) is 0 Å². The molecule has 0 aromatic carbocycles. The highest BCUT2D eigenvalue weighted by Gasteiger charge is 2.03. The van der Waals surface area contributed by atoms with Gasteiger partial charge in [-0.25, -0.2) is 0 Å². The van der Waals surface area contributed by atoms with E-state index in [4.69, 9.17) is 10.8 Å². The quantitative estimate of drug-likeness (QED) is 0.466. The van der Waals surface area contributed by atoms with E-state index in [0.717, 1.165) is 0 Å². The maximum atomic E-state index is 9.85. The van der Waals surface area contributed by atoms with Gasteiger partial charge in [0.2, 0.25) is 0 Å². The highest BCUT2D eigenvalue weighted by molar-refractivity contribution is 7.80. The summed E-state index contributed by atoms with van der Waals surface area (Å²) in [5.41, 5.74) is 5.22. The third-order valence-corrected chi connectivity index (χ3v) is 1.14. The van der Waals surface area contributed by atoms with Crippen LogP contribution in [0.1, 0.15) is 6.42 Å². The predicted octanol–water partition coefficient (Wildman–Crippen LogP) is -0.282. The number of hydrogen-bond donors (Lipinski definition) is 3. The van der Waals surface area contributed by atoms with Gasteiger partial charge in [-0.3, -0.25) is 4.79 Å². The molecule has 0 aliphatic heterocycles. The Bertz CT molecular complexity index is 86.1. The Labute approximate surface area is 53.3 Å². The molecule has 48 valence electrons. The van der Waals surface area contributed by atoms with E-state index in [1.165, 1.54) is 0 Å². The van der Waals surface area contributed by atoms with E-state index in [1.54, 1.807) is 0 Å². The molecule has 3 nitrogen and oxygen atoms in total. The summed E-state index contributed by atoms with van der Waals surface area (Å²) in [4.78, 5) is 9.85. The van der Waals surface area contributed by atoms with Crippen molar-refractivity contribution in [1.82, 2.24) is 0 Å². The van der Waals surface area contributed by atoms with Crippen molar-refractivity contribution in [2.75, 3.05) is 5.75 Å². The molecule has 0 radical (unpaired) electrons. The number of nitrogens with two attached hydrogens (primary N) is 1. The molecular formula is C4H9NO2S. The summed E-state index contributed by atoms with van der Waals surface area (Å²) >= 11 is 3.80. The Kier molecular flexibility index (Phi) is 3.64. The predicted molar refractivity (Wildman–Crippen MR) is 34.1 cm³/mol. The molecular weight excluding hydrogens is 126 g/mol. The molecule has 0 amide bonds. The maximum absolute atomic E-state index is 9.85. The number of hydrogen-bond acceptors (Lipinski definition) is 3. The molecule has 0 aromatic heterocycles. The van der Waals surface area contributed by atoms with E-state index in [0.29, 0.717) is 5.75 Å². The van der Waals surface area contributed by atoms with Crippen LogP contribution >= 0.6 is 12.6 Å². The van der Waals surface area contributed by atoms with Crippen molar-refractivity contribution in [3.05, 3.63) is 0 Å². The topological polar surface area (TPSA) is 63.3 Å². The zero-order valence-electron chi connectivity index (χ0n) is 4.37. The molecule has 0 spiro atoms. The van der Waals surface area contributed by atoms with Gasteiger partial charge in [0.05, 0.1) is 6.42 Å². The first-order valence-electron chi connectivity index (χ1n) is 2.25. The fourth-order valence-corrected chi connectivity index (χ4v) is 0.418. The van der Waals surface area contributed by atoms with E-state index >= 15 is 0 Å². The standard InChI is InChI=1S/C4H9NO2S/c5-3(2-8)1-4(6)7/h3,8H,1-2,5H2,(H,6,7). The molecule has 1 unspecified atom stereocenters. The van der Waals surface area contributed by atoms with Gasteiger partial charge in [-0.15, -0.1) is 0 Å². The lowest BCUT2D eigenvalue weighted by molar-refractivity contribution is -0.137. The van der Waals surface area contributed by atoms with Crippen LogP contribution in [0, 0.1) is 0 Å². The molecule has 0 heterocycles. The SMILES string of the molecule is NC(CS)CC(=O)O. The zero-order valence-corrected chi connectivity index (χ0v) is 5.27. The minimum Gasteiger partial charge on any atom is -0.481 e. The van der Waals surface area contributed by atoms with Crippen LogP contribution in [0.25, 0.3) is 0 Å². The first-order valence-corrected chi connectivity index (χ1v) is 2.88. The zero-order chi connectivity index (χ0) is 6.57. The van der Waals surface area contributed by atoms with Crippen LogP contribution in [-0.4, -0.2) is 22.9 Å². The normalized spacial score (nSPS) is 13.2. The molecule has 0 aromatic rings. The Morgan fingerprint density at radius 3 is 2.50 bits per heavy atom. The van der Waals surface area contributed by atoms with Gasteiger partial charge in [-0.1, -0.05) is 0 Å². The van der Waals surface area contributed by atoms with Gasteiger partial charge in [-0.2, -0.15) is 12.6 Å². The van der Waals surface area contributed by atoms with Gasteiger partial charge in [0, 0.05) is 11.8 Å². The molecule has 3 N–H and O–H groups in total. The highest BCUT2D eigenvalue weighted by Crippen LogP contribution is 1.88. The van der Waals surface area contributed by atoms with Gasteiger partial charge in [-0.05, 0) is 0 Å². The van der Waals surface area contributed by atoms with Gasteiger partial charge < -0.3 is 10.8 Å². The van der Waals surface area contributed by atoms with Crippen LogP contribution in [0.3, 0.4) is 0 Å². The summed E-state index contributed by atoms with van der Waals surface area (Å²) < 4.78 is 0. The summed E-state index contributed by atoms with van der Waals surface area (Å²) in [6.45, 7) is 0. The molecule has 8 heavy (non-hydrogen) atoms. The second kappa shape index (κ2) is 3.74. The van der Waals surface area contributed by atoms with Crippen molar-refractivity contribution < 1.29 is 9.90 Å². The Morgan fingerprint density at radius 1 is 1.88 bits per heavy atom. The number of thiol groups is 1. The smallest absolute Gasteiger partial charge is 0.304 e. The number of carboxylic acids is 1. The van der Waals surface area contributed by atoms with Crippen LogP contribution in [-0.2, 0) is 4.79 Å². The van der Waals surface area contributed by atoms with E-state index in [1.807, 2.05) is 0 Å². The lowest BCUT2D eigenvalue weighted by atomic mass is 10.3.